The fourth-order valence-corrected chi connectivity index (χ4v) is 2.82. The maximum Gasteiger partial charge on any atom is 0.241 e. The summed E-state index contributed by atoms with van der Waals surface area (Å²) in [6.45, 7) is 2.23. The number of anilines is 2. The van der Waals surface area contributed by atoms with E-state index in [2.05, 4.69) is 21.5 Å². The van der Waals surface area contributed by atoms with E-state index in [0.29, 0.717) is 19.2 Å². The average molecular weight is 287 g/mol. The Morgan fingerprint density at radius 1 is 1.24 bits per heavy atom. The molecule has 3 heterocycles. The number of nitrogens with zero attached hydrogens (tertiary/aromatic N) is 3. The lowest BCUT2D eigenvalue weighted by Crippen LogP contribution is -2.24. The molecule has 0 aliphatic carbocycles. The second-order valence-corrected chi connectivity index (χ2v) is 5.23. The summed E-state index contributed by atoms with van der Waals surface area (Å²) >= 11 is 0. The molecule has 1 aromatic carbocycles. The van der Waals surface area contributed by atoms with Crippen molar-refractivity contribution >= 4 is 11.9 Å². The lowest BCUT2D eigenvalue weighted by atomic mass is 10.0. The summed E-state index contributed by atoms with van der Waals surface area (Å²) in [6.07, 6.45) is 1.83. The molecule has 2 aromatic rings. The van der Waals surface area contributed by atoms with Gasteiger partial charge in [-0.15, -0.1) is 5.10 Å². The van der Waals surface area contributed by atoms with Crippen molar-refractivity contribution in [1.29, 1.82) is 0 Å². The van der Waals surface area contributed by atoms with Crippen molar-refractivity contribution in [1.82, 2.24) is 14.8 Å². The molecule has 1 aromatic heterocycles. The van der Waals surface area contributed by atoms with Crippen molar-refractivity contribution in [3.05, 3.63) is 23.8 Å². The summed E-state index contributed by atoms with van der Waals surface area (Å²) in [6, 6.07) is 6.18. The van der Waals surface area contributed by atoms with Gasteiger partial charge in [0.2, 0.25) is 11.9 Å². The number of nitrogen functional groups attached to an aromatic ring is 1. The Bertz CT molecular complexity index is 669. The number of aromatic nitrogens is 3. The zero-order valence-electron chi connectivity index (χ0n) is 11.6. The van der Waals surface area contributed by atoms with E-state index in [9.17, 15) is 0 Å². The van der Waals surface area contributed by atoms with Gasteiger partial charge < -0.3 is 20.5 Å². The number of nitrogens with one attached hydrogen (secondary N) is 1. The molecule has 0 saturated heterocycles. The third-order valence-corrected chi connectivity index (χ3v) is 3.80. The van der Waals surface area contributed by atoms with Gasteiger partial charge in [-0.3, -0.25) is 0 Å². The van der Waals surface area contributed by atoms with Gasteiger partial charge >= 0.3 is 0 Å². The monoisotopic (exact) mass is 287 g/mol. The van der Waals surface area contributed by atoms with Crippen LogP contribution >= 0.6 is 0 Å². The van der Waals surface area contributed by atoms with Gasteiger partial charge in [0.05, 0.1) is 19.3 Å². The van der Waals surface area contributed by atoms with E-state index >= 15 is 0 Å². The number of rotatable bonds is 1. The third-order valence-electron chi connectivity index (χ3n) is 3.80. The Labute approximate surface area is 122 Å². The first-order chi connectivity index (χ1) is 10.3. The van der Waals surface area contributed by atoms with Crippen LogP contribution in [0.3, 0.4) is 0 Å². The molecule has 0 amide bonds. The molecule has 0 saturated carbocycles. The highest BCUT2D eigenvalue weighted by molar-refractivity contribution is 5.46. The van der Waals surface area contributed by atoms with Crippen molar-refractivity contribution < 1.29 is 9.47 Å². The van der Waals surface area contributed by atoms with Crippen molar-refractivity contribution in [2.45, 2.75) is 18.9 Å². The summed E-state index contributed by atoms with van der Waals surface area (Å²) in [5, 5.41) is 7.50. The van der Waals surface area contributed by atoms with Crippen LogP contribution in [0.2, 0.25) is 0 Å². The van der Waals surface area contributed by atoms with Crippen LogP contribution in [0, 0.1) is 0 Å². The normalized spacial score (nSPS) is 20.3. The number of hydrogen-bond donors (Lipinski definition) is 2. The molecule has 7 heteroatoms. The van der Waals surface area contributed by atoms with Gasteiger partial charge in [-0.2, -0.15) is 4.98 Å². The minimum Gasteiger partial charge on any atom is -0.490 e. The molecule has 0 bridgehead atoms. The number of hydrogen-bond acceptors (Lipinski definition) is 6. The number of fused-ring (bicyclic) bond motifs is 2. The SMILES string of the molecule is Nc1nc2n(n1)C(c1ccc3c(c1)OCCCO3)CCN2. The van der Waals surface area contributed by atoms with Gasteiger partial charge in [-0.25, -0.2) is 4.68 Å². The number of ether oxygens (including phenoxy) is 2. The minimum atomic E-state index is 0.114. The second kappa shape index (κ2) is 4.83. The standard InChI is InChI=1S/C14H17N5O2/c15-13-17-14-16-5-4-10(19(14)18-13)9-2-3-11-12(8-9)21-7-1-6-20-11/h2-3,8,10H,1,4-7H2,(H3,15,16,17,18). The smallest absolute Gasteiger partial charge is 0.241 e. The maximum absolute atomic E-state index is 5.76. The van der Waals surface area contributed by atoms with Crippen molar-refractivity contribution in [2.24, 2.45) is 0 Å². The van der Waals surface area contributed by atoms with Crippen LogP contribution < -0.4 is 20.5 Å². The highest BCUT2D eigenvalue weighted by Crippen LogP contribution is 2.36. The highest BCUT2D eigenvalue weighted by atomic mass is 16.5. The van der Waals surface area contributed by atoms with E-state index in [1.165, 1.54) is 0 Å². The van der Waals surface area contributed by atoms with Crippen LogP contribution in [-0.2, 0) is 0 Å². The minimum absolute atomic E-state index is 0.114. The van der Waals surface area contributed by atoms with Crippen LogP contribution in [-0.4, -0.2) is 34.5 Å². The Hall–Kier alpha value is -2.44. The van der Waals surface area contributed by atoms with E-state index in [4.69, 9.17) is 15.2 Å². The predicted molar refractivity (Wildman–Crippen MR) is 77.7 cm³/mol. The molecular formula is C14H17N5O2. The van der Waals surface area contributed by atoms with E-state index in [-0.39, 0.29) is 6.04 Å². The highest BCUT2D eigenvalue weighted by Gasteiger charge is 2.25. The first kappa shape index (κ1) is 12.3. The van der Waals surface area contributed by atoms with Gasteiger partial charge in [-0.05, 0) is 24.1 Å². The van der Waals surface area contributed by atoms with E-state index in [1.807, 2.05) is 16.8 Å². The lowest BCUT2D eigenvalue weighted by molar-refractivity contribution is 0.297. The topological polar surface area (TPSA) is 87.2 Å². The molecule has 1 unspecified atom stereocenters. The zero-order valence-corrected chi connectivity index (χ0v) is 11.6. The van der Waals surface area contributed by atoms with Crippen LogP contribution in [0.5, 0.6) is 11.5 Å². The zero-order chi connectivity index (χ0) is 14.2. The molecular weight excluding hydrogens is 270 g/mol. The Kier molecular flexibility index (Phi) is 2.83. The van der Waals surface area contributed by atoms with Crippen LogP contribution in [0.15, 0.2) is 18.2 Å². The Morgan fingerprint density at radius 3 is 3.00 bits per heavy atom. The Morgan fingerprint density at radius 2 is 2.10 bits per heavy atom. The van der Waals surface area contributed by atoms with Gasteiger partial charge in [0.1, 0.15) is 0 Å². The molecule has 4 rings (SSSR count). The van der Waals surface area contributed by atoms with E-state index < -0.39 is 0 Å². The molecule has 3 N–H and O–H groups in total. The van der Waals surface area contributed by atoms with E-state index in [0.717, 1.165) is 42.4 Å². The maximum atomic E-state index is 5.76. The summed E-state index contributed by atoms with van der Waals surface area (Å²) in [5.41, 5.74) is 6.83. The largest absolute Gasteiger partial charge is 0.490 e. The van der Waals surface area contributed by atoms with Gasteiger partial charge in [-0.1, -0.05) is 6.07 Å². The third kappa shape index (κ3) is 2.14. The van der Waals surface area contributed by atoms with Crippen molar-refractivity contribution in [2.75, 3.05) is 30.8 Å². The lowest BCUT2D eigenvalue weighted by Gasteiger charge is -2.25. The molecule has 2 aliphatic rings. The fraction of sp³-hybridized carbons (Fsp3) is 0.429. The first-order valence-corrected chi connectivity index (χ1v) is 7.17. The van der Waals surface area contributed by atoms with Crippen LogP contribution in [0.25, 0.3) is 0 Å². The molecule has 21 heavy (non-hydrogen) atoms. The van der Waals surface area contributed by atoms with Crippen molar-refractivity contribution in [3.63, 3.8) is 0 Å². The Balaban J connectivity index is 1.72. The van der Waals surface area contributed by atoms with Gasteiger partial charge in [0.15, 0.2) is 11.5 Å². The summed E-state index contributed by atoms with van der Waals surface area (Å²) in [4.78, 5) is 4.19. The van der Waals surface area contributed by atoms with Gasteiger partial charge in [0.25, 0.3) is 0 Å². The molecule has 1 atom stereocenters. The first-order valence-electron chi connectivity index (χ1n) is 7.17. The second-order valence-electron chi connectivity index (χ2n) is 5.23. The number of nitrogens with two attached hydrogens (primary N) is 1. The predicted octanol–water partition coefficient (Wildman–Crippen LogP) is 1.43. The molecule has 0 radical (unpaired) electrons. The van der Waals surface area contributed by atoms with E-state index in [1.54, 1.807) is 0 Å². The van der Waals surface area contributed by atoms with Gasteiger partial charge in [0, 0.05) is 13.0 Å². The van der Waals surface area contributed by atoms with Crippen LogP contribution in [0.4, 0.5) is 11.9 Å². The summed E-state index contributed by atoms with van der Waals surface area (Å²) in [5.74, 6) is 2.62. The molecule has 0 fully saturated rings. The fourth-order valence-electron chi connectivity index (χ4n) is 2.82. The molecule has 0 spiro atoms. The molecule has 7 nitrogen and oxygen atoms in total. The number of benzene rings is 1. The van der Waals surface area contributed by atoms with Crippen molar-refractivity contribution in [3.8, 4) is 11.5 Å². The summed E-state index contributed by atoms with van der Waals surface area (Å²) < 4.78 is 13.3. The quantitative estimate of drug-likeness (QED) is 0.825. The van der Waals surface area contributed by atoms with Crippen LogP contribution in [0.1, 0.15) is 24.4 Å². The molecule has 110 valence electrons. The molecule has 2 aliphatic heterocycles. The average Bonchev–Trinajstić information content (AvgIpc) is 2.73. The summed E-state index contributed by atoms with van der Waals surface area (Å²) in [7, 11) is 0.